The van der Waals surface area contributed by atoms with Crippen molar-refractivity contribution >= 4 is 10.0 Å². The number of ether oxygens (including phenoxy) is 1. The van der Waals surface area contributed by atoms with Gasteiger partial charge in [-0.05, 0) is 36.3 Å². The second kappa shape index (κ2) is 6.40. The molecule has 2 heterocycles. The topological polar surface area (TPSA) is 72.6 Å². The highest BCUT2D eigenvalue weighted by atomic mass is 32.2. The summed E-state index contributed by atoms with van der Waals surface area (Å²) >= 11 is 0. The third-order valence-corrected chi connectivity index (χ3v) is 8.46. The largest absolute Gasteiger partial charge is 0.441 e. The Balaban J connectivity index is 1.69. The fourth-order valence-corrected chi connectivity index (χ4v) is 7.21. The van der Waals surface area contributed by atoms with Gasteiger partial charge in [-0.25, -0.2) is 13.4 Å². The highest BCUT2D eigenvalue weighted by Crippen LogP contribution is 2.63. The Kier molecular flexibility index (Phi) is 4.48. The Morgan fingerprint density at radius 3 is 2.68 bits per heavy atom. The van der Waals surface area contributed by atoms with Crippen molar-refractivity contribution in [2.75, 3.05) is 26.8 Å². The van der Waals surface area contributed by atoms with E-state index in [2.05, 4.69) is 18.8 Å². The van der Waals surface area contributed by atoms with Crippen LogP contribution in [0.3, 0.4) is 0 Å². The van der Waals surface area contributed by atoms with Gasteiger partial charge in [0.2, 0.25) is 10.0 Å². The summed E-state index contributed by atoms with van der Waals surface area (Å²) in [5.74, 6) is 1.45. The van der Waals surface area contributed by atoms with Crippen LogP contribution in [0, 0.1) is 30.6 Å². The van der Waals surface area contributed by atoms with Gasteiger partial charge in [0.25, 0.3) is 0 Å². The maximum Gasteiger partial charge on any atom is 0.243 e. The SMILES string of the molecule is COC[C@@]12CN(S(=O)(=O)c3cc(-c4cnc(C)o4)ccc3C)C[C@@H]1C(C)(C)C2. The van der Waals surface area contributed by atoms with Gasteiger partial charge in [-0.2, -0.15) is 4.31 Å². The molecule has 4 rings (SSSR count). The maximum absolute atomic E-state index is 13.6. The Labute approximate surface area is 167 Å². The van der Waals surface area contributed by atoms with Crippen molar-refractivity contribution in [3.05, 3.63) is 35.9 Å². The van der Waals surface area contributed by atoms with Gasteiger partial charge in [0.15, 0.2) is 11.7 Å². The summed E-state index contributed by atoms with van der Waals surface area (Å²) in [6.07, 6.45) is 2.61. The van der Waals surface area contributed by atoms with Crippen LogP contribution < -0.4 is 0 Å². The molecule has 1 aromatic carbocycles. The van der Waals surface area contributed by atoms with Crippen LogP contribution in [0.4, 0.5) is 0 Å². The molecule has 2 atom stereocenters. The van der Waals surface area contributed by atoms with Gasteiger partial charge in [-0.1, -0.05) is 26.0 Å². The standard InChI is InChI=1S/C21H28N2O4S/c1-14-6-7-16(17-9-22-15(2)27-17)8-18(14)28(24,25)23-10-19-20(3,4)11-21(19,12-23)13-26-5/h6-9,19H,10-13H2,1-5H3/t19-,21-/m1/s1. The first-order chi connectivity index (χ1) is 13.1. The van der Waals surface area contributed by atoms with Crippen molar-refractivity contribution in [1.29, 1.82) is 0 Å². The monoisotopic (exact) mass is 404 g/mol. The first-order valence-corrected chi connectivity index (χ1v) is 11.1. The first-order valence-electron chi connectivity index (χ1n) is 9.62. The summed E-state index contributed by atoms with van der Waals surface area (Å²) in [6.45, 7) is 9.71. The van der Waals surface area contributed by atoms with E-state index in [1.54, 1.807) is 30.6 Å². The molecule has 0 spiro atoms. The number of sulfonamides is 1. The zero-order valence-electron chi connectivity index (χ0n) is 17.2. The molecule has 28 heavy (non-hydrogen) atoms. The van der Waals surface area contributed by atoms with Gasteiger partial charge in [0.05, 0.1) is 17.7 Å². The minimum atomic E-state index is -3.61. The number of nitrogens with zero attached hydrogens (tertiary/aromatic N) is 2. The molecule has 0 radical (unpaired) electrons. The molecule has 7 heteroatoms. The lowest BCUT2D eigenvalue weighted by Gasteiger charge is -2.56. The van der Waals surface area contributed by atoms with Crippen molar-refractivity contribution in [2.45, 2.75) is 39.0 Å². The minimum Gasteiger partial charge on any atom is -0.441 e. The molecule has 0 bridgehead atoms. The van der Waals surface area contributed by atoms with E-state index in [-0.39, 0.29) is 10.8 Å². The molecule has 1 aromatic heterocycles. The van der Waals surface area contributed by atoms with Crippen LogP contribution in [0.5, 0.6) is 0 Å². The molecule has 1 saturated heterocycles. The molecule has 6 nitrogen and oxygen atoms in total. The predicted octanol–water partition coefficient (Wildman–Crippen LogP) is 3.64. The van der Waals surface area contributed by atoms with Crippen LogP contribution in [-0.4, -0.2) is 44.5 Å². The van der Waals surface area contributed by atoms with Crippen molar-refractivity contribution in [2.24, 2.45) is 16.7 Å². The zero-order valence-corrected chi connectivity index (χ0v) is 18.0. The fourth-order valence-electron chi connectivity index (χ4n) is 5.41. The molecule has 2 fully saturated rings. The lowest BCUT2D eigenvalue weighted by molar-refractivity contribution is -0.106. The van der Waals surface area contributed by atoms with Gasteiger partial charge in [-0.15, -0.1) is 0 Å². The van der Waals surface area contributed by atoms with E-state index in [0.29, 0.717) is 42.2 Å². The van der Waals surface area contributed by atoms with Gasteiger partial charge in [0, 0.05) is 38.1 Å². The van der Waals surface area contributed by atoms with Gasteiger partial charge >= 0.3 is 0 Å². The van der Waals surface area contributed by atoms with Gasteiger partial charge in [0.1, 0.15) is 0 Å². The van der Waals surface area contributed by atoms with Crippen molar-refractivity contribution in [3.8, 4) is 11.3 Å². The average molecular weight is 405 g/mol. The number of methoxy groups -OCH3 is 1. The van der Waals surface area contributed by atoms with Gasteiger partial charge < -0.3 is 9.15 Å². The van der Waals surface area contributed by atoms with E-state index in [0.717, 1.165) is 17.5 Å². The van der Waals surface area contributed by atoms with E-state index in [1.807, 2.05) is 19.1 Å². The summed E-state index contributed by atoms with van der Waals surface area (Å²) in [5, 5.41) is 0. The van der Waals surface area contributed by atoms with Crippen LogP contribution in [0.1, 0.15) is 31.7 Å². The second-order valence-corrected chi connectivity index (χ2v) is 10.9. The Bertz CT molecular complexity index is 1010. The quantitative estimate of drug-likeness (QED) is 0.761. The summed E-state index contributed by atoms with van der Waals surface area (Å²) in [5.41, 5.74) is 1.52. The molecular formula is C21H28N2O4S. The molecule has 0 amide bonds. The number of aryl methyl sites for hydroxylation is 2. The second-order valence-electron chi connectivity index (χ2n) is 9.03. The maximum atomic E-state index is 13.6. The smallest absolute Gasteiger partial charge is 0.243 e. The minimum absolute atomic E-state index is 0.0706. The summed E-state index contributed by atoms with van der Waals surface area (Å²) in [4.78, 5) is 4.46. The summed E-state index contributed by atoms with van der Waals surface area (Å²) in [6, 6.07) is 5.41. The molecule has 0 N–H and O–H groups in total. The third kappa shape index (κ3) is 2.91. The first kappa shape index (κ1) is 19.6. The van der Waals surface area contributed by atoms with Crippen molar-refractivity contribution < 1.29 is 17.6 Å². The average Bonchev–Trinajstić information content (AvgIpc) is 3.18. The number of rotatable bonds is 5. The number of hydrogen-bond donors (Lipinski definition) is 0. The summed E-state index contributed by atoms with van der Waals surface area (Å²) < 4.78 is 39.8. The highest BCUT2D eigenvalue weighted by molar-refractivity contribution is 7.89. The number of hydrogen-bond acceptors (Lipinski definition) is 5. The Hall–Kier alpha value is -1.70. The van der Waals surface area contributed by atoms with E-state index >= 15 is 0 Å². The van der Waals surface area contributed by atoms with Crippen LogP contribution in [-0.2, 0) is 14.8 Å². The lowest BCUT2D eigenvalue weighted by atomic mass is 9.48. The van der Waals surface area contributed by atoms with Crippen molar-refractivity contribution in [3.63, 3.8) is 0 Å². The van der Waals surface area contributed by atoms with Crippen LogP contribution in [0.2, 0.25) is 0 Å². The van der Waals surface area contributed by atoms with E-state index in [4.69, 9.17) is 9.15 Å². The molecule has 1 saturated carbocycles. The number of aromatic nitrogens is 1. The van der Waals surface area contributed by atoms with Crippen LogP contribution in [0.25, 0.3) is 11.3 Å². The number of oxazole rings is 1. The van der Waals surface area contributed by atoms with E-state index in [9.17, 15) is 8.42 Å². The van der Waals surface area contributed by atoms with Crippen molar-refractivity contribution in [1.82, 2.24) is 9.29 Å². The number of fused-ring (bicyclic) bond motifs is 1. The lowest BCUT2D eigenvalue weighted by Crippen LogP contribution is -2.55. The highest BCUT2D eigenvalue weighted by Gasteiger charge is 2.64. The molecule has 2 aliphatic rings. The Morgan fingerprint density at radius 1 is 1.32 bits per heavy atom. The van der Waals surface area contributed by atoms with E-state index in [1.165, 1.54) is 0 Å². The Morgan fingerprint density at radius 2 is 2.07 bits per heavy atom. The zero-order chi connectivity index (χ0) is 20.3. The predicted molar refractivity (Wildman–Crippen MR) is 106 cm³/mol. The molecular weight excluding hydrogens is 376 g/mol. The molecule has 0 unspecified atom stereocenters. The molecule has 1 aliphatic heterocycles. The number of benzene rings is 1. The summed E-state index contributed by atoms with van der Waals surface area (Å²) in [7, 11) is -1.91. The van der Waals surface area contributed by atoms with Crippen LogP contribution >= 0.6 is 0 Å². The molecule has 152 valence electrons. The fraction of sp³-hybridized carbons (Fsp3) is 0.571. The molecule has 2 aromatic rings. The normalized spacial score (nSPS) is 26.8. The van der Waals surface area contributed by atoms with Crippen LogP contribution in [0.15, 0.2) is 33.7 Å². The van der Waals surface area contributed by atoms with Gasteiger partial charge in [-0.3, -0.25) is 0 Å². The van der Waals surface area contributed by atoms with E-state index < -0.39 is 10.0 Å². The molecule has 1 aliphatic carbocycles. The third-order valence-electron chi connectivity index (χ3n) is 6.51.